The molecule has 4 rings (SSSR count). The van der Waals surface area contributed by atoms with Crippen molar-refractivity contribution in [3.05, 3.63) is 107 Å². The Hall–Kier alpha value is -4.29. The predicted molar refractivity (Wildman–Crippen MR) is 167 cm³/mol. The molecule has 0 fully saturated rings. The van der Waals surface area contributed by atoms with Crippen LogP contribution in [0.5, 0.6) is 0 Å². The lowest BCUT2D eigenvalue weighted by atomic mass is 9.97. The molecule has 192 valence electrons. The van der Waals surface area contributed by atoms with Gasteiger partial charge in [0.15, 0.2) is 0 Å². The van der Waals surface area contributed by atoms with Gasteiger partial charge in [-0.2, -0.15) is 5.26 Å². The van der Waals surface area contributed by atoms with Crippen LogP contribution in [0.4, 0.5) is 11.4 Å². The van der Waals surface area contributed by atoms with Crippen molar-refractivity contribution >= 4 is 46.5 Å². The van der Waals surface area contributed by atoms with Gasteiger partial charge in [0.1, 0.15) is 6.07 Å². The summed E-state index contributed by atoms with van der Waals surface area (Å²) in [6, 6.07) is 30.2. The maximum absolute atomic E-state index is 9.98. The van der Waals surface area contributed by atoms with Crippen LogP contribution in [0.2, 0.25) is 0 Å². The lowest BCUT2D eigenvalue weighted by Crippen LogP contribution is -2.21. The van der Waals surface area contributed by atoms with Gasteiger partial charge < -0.3 is 9.80 Å². The van der Waals surface area contributed by atoms with Gasteiger partial charge in [-0.3, -0.25) is 0 Å². The second-order valence-corrected chi connectivity index (χ2v) is 9.32. The maximum atomic E-state index is 9.98. The number of hydrogen-bond donors (Lipinski definition) is 0. The predicted octanol–water partition coefficient (Wildman–Crippen LogP) is 8.74. The van der Waals surface area contributed by atoms with Crippen LogP contribution in [0.25, 0.3) is 35.1 Å². The Kier molecular flexibility index (Phi) is 9.01. The van der Waals surface area contributed by atoms with Crippen molar-refractivity contribution in [1.82, 2.24) is 0 Å². The third-order valence-electron chi connectivity index (χ3n) is 7.15. The normalized spacial score (nSPS) is 11.3. The minimum absolute atomic E-state index is 0.709. The smallest absolute Gasteiger partial charge is 0.100 e. The van der Waals surface area contributed by atoms with E-state index in [0.717, 1.165) is 53.6 Å². The van der Waals surface area contributed by atoms with Gasteiger partial charge in [-0.1, -0.05) is 72.8 Å². The molecule has 0 aliphatic rings. The first-order chi connectivity index (χ1) is 18.6. The van der Waals surface area contributed by atoms with E-state index in [-0.39, 0.29) is 0 Å². The standard InChI is InChI=1S/C35H37N3/c1-5-37(6-2)32-20-12-27(13-21-32)9-10-29-16-24-34-31(25-29)19-18-30(35(34)26-36)17-11-28-14-22-33(23-15-28)38(7-3)8-4/h9-25H,5-8H2,1-4H3/b10-9+,17-11+. The van der Waals surface area contributed by atoms with Gasteiger partial charge in [0, 0.05) is 42.9 Å². The first-order valence-electron chi connectivity index (χ1n) is 13.6. The number of benzene rings is 4. The molecule has 0 bridgehead atoms. The van der Waals surface area contributed by atoms with Gasteiger partial charge in [-0.15, -0.1) is 0 Å². The molecule has 3 heteroatoms. The molecule has 4 aromatic rings. The Morgan fingerprint density at radius 3 is 1.55 bits per heavy atom. The summed E-state index contributed by atoms with van der Waals surface area (Å²) < 4.78 is 0. The van der Waals surface area contributed by atoms with E-state index in [2.05, 4.69) is 135 Å². The van der Waals surface area contributed by atoms with Gasteiger partial charge in [0.2, 0.25) is 0 Å². The van der Waals surface area contributed by atoms with Crippen LogP contribution in [-0.4, -0.2) is 26.2 Å². The summed E-state index contributed by atoms with van der Waals surface area (Å²) in [5.74, 6) is 0. The van der Waals surface area contributed by atoms with E-state index < -0.39 is 0 Å². The Bertz CT molecular complexity index is 1450. The van der Waals surface area contributed by atoms with Gasteiger partial charge in [-0.05, 0) is 85.7 Å². The molecular weight excluding hydrogens is 462 g/mol. The molecule has 3 nitrogen and oxygen atoms in total. The van der Waals surface area contributed by atoms with Crippen molar-refractivity contribution in [2.45, 2.75) is 27.7 Å². The van der Waals surface area contributed by atoms with E-state index >= 15 is 0 Å². The minimum Gasteiger partial charge on any atom is -0.372 e. The highest BCUT2D eigenvalue weighted by molar-refractivity contribution is 5.94. The number of hydrogen-bond acceptors (Lipinski definition) is 3. The quantitative estimate of drug-likeness (QED) is 0.204. The van der Waals surface area contributed by atoms with Gasteiger partial charge in [0.05, 0.1) is 5.56 Å². The highest BCUT2D eigenvalue weighted by atomic mass is 15.1. The fourth-order valence-electron chi connectivity index (χ4n) is 4.88. The molecule has 0 radical (unpaired) electrons. The van der Waals surface area contributed by atoms with Crippen molar-refractivity contribution in [2.75, 3.05) is 36.0 Å². The molecule has 0 aromatic heterocycles. The second-order valence-electron chi connectivity index (χ2n) is 9.32. The fourth-order valence-corrected chi connectivity index (χ4v) is 4.88. The van der Waals surface area contributed by atoms with Crippen molar-refractivity contribution in [3.63, 3.8) is 0 Å². The van der Waals surface area contributed by atoms with Gasteiger partial charge in [-0.25, -0.2) is 0 Å². The molecule has 0 N–H and O–H groups in total. The number of fused-ring (bicyclic) bond motifs is 1. The molecule has 0 saturated heterocycles. The zero-order valence-electron chi connectivity index (χ0n) is 23.0. The van der Waals surface area contributed by atoms with Crippen molar-refractivity contribution in [1.29, 1.82) is 5.26 Å². The van der Waals surface area contributed by atoms with E-state index in [1.165, 1.54) is 16.9 Å². The molecule has 38 heavy (non-hydrogen) atoms. The summed E-state index contributed by atoms with van der Waals surface area (Å²) in [4.78, 5) is 4.67. The maximum Gasteiger partial charge on any atom is 0.100 e. The Morgan fingerprint density at radius 1 is 0.579 bits per heavy atom. The molecule has 0 amide bonds. The van der Waals surface area contributed by atoms with Crippen LogP contribution >= 0.6 is 0 Å². The summed E-state index contributed by atoms with van der Waals surface area (Å²) in [7, 11) is 0. The molecule has 0 aliphatic carbocycles. The Morgan fingerprint density at radius 2 is 1.05 bits per heavy atom. The molecule has 0 heterocycles. The van der Waals surface area contributed by atoms with Crippen LogP contribution in [0.3, 0.4) is 0 Å². The zero-order chi connectivity index (χ0) is 26.9. The molecule has 0 atom stereocenters. The third-order valence-corrected chi connectivity index (χ3v) is 7.15. The third kappa shape index (κ3) is 6.15. The van der Waals surface area contributed by atoms with Gasteiger partial charge >= 0.3 is 0 Å². The average molecular weight is 500 g/mol. The molecule has 0 saturated carbocycles. The summed E-state index contributed by atoms with van der Waals surface area (Å²) in [6.45, 7) is 12.7. The zero-order valence-corrected chi connectivity index (χ0v) is 23.0. The minimum atomic E-state index is 0.709. The lowest BCUT2D eigenvalue weighted by molar-refractivity contribution is 0.866. The van der Waals surface area contributed by atoms with Crippen LogP contribution in [0.15, 0.2) is 78.9 Å². The van der Waals surface area contributed by atoms with Crippen molar-refractivity contribution in [2.24, 2.45) is 0 Å². The molecular formula is C35H37N3. The Balaban J connectivity index is 1.53. The van der Waals surface area contributed by atoms with Crippen LogP contribution in [0.1, 0.15) is 55.5 Å². The number of nitriles is 1. The highest BCUT2D eigenvalue weighted by Gasteiger charge is 2.07. The SMILES string of the molecule is CCN(CC)c1ccc(/C=C/c2ccc3c(C#N)c(/C=C/c4ccc(N(CC)CC)cc4)ccc3c2)cc1. The highest BCUT2D eigenvalue weighted by Crippen LogP contribution is 2.26. The summed E-state index contributed by atoms with van der Waals surface area (Å²) in [5, 5.41) is 12.0. The van der Waals surface area contributed by atoms with Crippen LogP contribution < -0.4 is 9.80 Å². The fraction of sp³-hybridized carbons (Fsp3) is 0.229. The molecule has 0 unspecified atom stereocenters. The number of anilines is 2. The van der Waals surface area contributed by atoms with Crippen molar-refractivity contribution < 1.29 is 0 Å². The molecule has 0 spiro atoms. The lowest BCUT2D eigenvalue weighted by Gasteiger charge is -2.20. The van der Waals surface area contributed by atoms with Crippen LogP contribution in [-0.2, 0) is 0 Å². The number of nitrogens with zero attached hydrogens (tertiary/aromatic N) is 3. The summed E-state index contributed by atoms with van der Waals surface area (Å²) in [5.41, 5.74) is 7.54. The van der Waals surface area contributed by atoms with Crippen LogP contribution in [0, 0.1) is 11.3 Å². The topological polar surface area (TPSA) is 30.3 Å². The first-order valence-corrected chi connectivity index (χ1v) is 13.6. The van der Waals surface area contributed by atoms with E-state index in [1.807, 2.05) is 12.1 Å². The number of rotatable bonds is 10. The van der Waals surface area contributed by atoms with E-state index in [1.54, 1.807) is 0 Å². The first kappa shape index (κ1) is 26.8. The van der Waals surface area contributed by atoms with Crippen molar-refractivity contribution in [3.8, 4) is 6.07 Å². The molecule has 4 aromatic carbocycles. The largest absolute Gasteiger partial charge is 0.372 e. The summed E-state index contributed by atoms with van der Waals surface area (Å²) in [6.07, 6.45) is 8.39. The second kappa shape index (κ2) is 12.8. The van der Waals surface area contributed by atoms with E-state index in [0.29, 0.717) is 5.56 Å². The summed E-state index contributed by atoms with van der Waals surface area (Å²) >= 11 is 0. The monoisotopic (exact) mass is 499 g/mol. The Labute approximate surface area is 228 Å². The van der Waals surface area contributed by atoms with E-state index in [4.69, 9.17) is 0 Å². The van der Waals surface area contributed by atoms with E-state index in [9.17, 15) is 5.26 Å². The van der Waals surface area contributed by atoms with Gasteiger partial charge in [0.25, 0.3) is 0 Å². The molecule has 0 aliphatic heterocycles. The average Bonchev–Trinajstić information content (AvgIpc) is 2.97.